The Kier molecular flexibility index (Phi) is 12.3. The predicted molar refractivity (Wildman–Crippen MR) is 217 cm³/mol. The molecule has 2 saturated heterocycles. The maximum Gasteiger partial charge on any atom is 0.264 e. The molecule has 1 unspecified atom stereocenters. The molecule has 2 fully saturated rings. The molecular weight excluding hydrogens is 762 g/mol. The van der Waals surface area contributed by atoms with E-state index in [-0.39, 0.29) is 41.7 Å². The zero-order chi connectivity index (χ0) is 41.8. The van der Waals surface area contributed by atoms with Crippen LogP contribution in [-0.2, 0) is 19.2 Å². The number of aromatic amines is 1. The Balaban J connectivity index is 0.768. The van der Waals surface area contributed by atoms with Gasteiger partial charge in [0.05, 0.1) is 28.8 Å². The van der Waals surface area contributed by atoms with E-state index in [4.69, 9.17) is 0 Å². The third-order valence-corrected chi connectivity index (χ3v) is 11.3. The first-order chi connectivity index (χ1) is 28.4. The van der Waals surface area contributed by atoms with Crippen LogP contribution < -0.4 is 26.6 Å². The van der Waals surface area contributed by atoms with E-state index in [1.165, 1.54) is 18.2 Å². The number of aromatic nitrogens is 1. The molecule has 4 aliphatic rings. The summed E-state index contributed by atoms with van der Waals surface area (Å²) >= 11 is 0. The van der Waals surface area contributed by atoms with E-state index in [0.717, 1.165) is 50.3 Å². The number of carbonyl (C=O) groups excluding carboxylic acids is 7. The summed E-state index contributed by atoms with van der Waals surface area (Å²) in [5.74, 6) is -3.19. The molecule has 17 heteroatoms. The molecule has 5 heterocycles. The largest absolute Gasteiger partial charge is 0.384 e. The van der Waals surface area contributed by atoms with E-state index in [1.807, 2.05) is 6.92 Å². The van der Waals surface area contributed by atoms with Gasteiger partial charge in [-0.1, -0.05) is 6.07 Å². The van der Waals surface area contributed by atoms with Gasteiger partial charge in [0.15, 0.2) is 0 Å². The van der Waals surface area contributed by atoms with Crippen LogP contribution in [0.25, 0.3) is 11.6 Å². The van der Waals surface area contributed by atoms with Gasteiger partial charge in [0, 0.05) is 87.1 Å². The van der Waals surface area contributed by atoms with Crippen LogP contribution in [0.15, 0.2) is 36.4 Å². The average molecular weight is 810 g/mol. The molecule has 4 aliphatic heterocycles. The molecule has 0 spiro atoms. The third-order valence-electron chi connectivity index (χ3n) is 11.3. The van der Waals surface area contributed by atoms with Crippen molar-refractivity contribution in [3.63, 3.8) is 0 Å². The van der Waals surface area contributed by atoms with Crippen molar-refractivity contribution < 1.29 is 38.0 Å². The number of nitrogens with zero attached hydrogens (tertiary/aromatic N) is 3. The maximum absolute atomic E-state index is 13.9. The number of hydrogen-bond donors (Lipinski definition) is 6. The topological polar surface area (TPSA) is 205 Å². The van der Waals surface area contributed by atoms with Gasteiger partial charge in [-0.25, -0.2) is 4.39 Å². The standard InChI is InChI=1S/C42H48FN9O7/c1-24-32(22-29-28-21-26(43)9-10-30(28)48-38(29)55)47-25(2)36(24)40(57)46-15-16-50-17-19-51(20-18-50)23-35(54)45-14-5-3-4-13-44-31-8-6-7-27-37(31)42(59)52(41(27)58)33-11-12-34(53)49-39(33)56/h6-10,21-22,33,44,47H,3-5,11-20,23H2,1-2H3,(H,45,54)(H,46,57)(H,48,55)(H,49,53,56)/b29-22-. The number of amides is 7. The molecule has 1 aromatic heterocycles. The Morgan fingerprint density at radius 1 is 0.864 bits per heavy atom. The van der Waals surface area contributed by atoms with Crippen LogP contribution in [0, 0.1) is 19.7 Å². The number of nitrogens with one attached hydrogen (secondary N) is 6. The van der Waals surface area contributed by atoms with E-state index in [0.29, 0.717) is 77.7 Å². The van der Waals surface area contributed by atoms with Gasteiger partial charge in [0.1, 0.15) is 11.9 Å². The fraction of sp³-hybridized carbons (Fsp3) is 0.405. The van der Waals surface area contributed by atoms with Gasteiger partial charge in [-0.2, -0.15) is 0 Å². The summed E-state index contributed by atoms with van der Waals surface area (Å²) in [5.41, 5.74) is 4.80. The molecule has 310 valence electrons. The minimum absolute atomic E-state index is 0.0374. The highest BCUT2D eigenvalue weighted by Crippen LogP contribution is 2.35. The molecule has 3 aromatic rings. The number of anilines is 2. The van der Waals surface area contributed by atoms with E-state index in [2.05, 4.69) is 41.4 Å². The Bertz CT molecular complexity index is 2240. The second kappa shape index (κ2) is 17.7. The molecule has 6 N–H and O–H groups in total. The fourth-order valence-corrected chi connectivity index (χ4v) is 8.09. The van der Waals surface area contributed by atoms with Crippen LogP contribution >= 0.6 is 0 Å². The Morgan fingerprint density at radius 2 is 1.63 bits per heavy atom. The Morgan fingerprint density at radius 3 is 2.41 bits per heavy atom. The number of carbonyl (C=O) groups is 7. The zero-order valence-corrected chi connectivity index (χ0v) is 33.1. The predicted octanol–water partition coefficient (Wildman–Crippen LogP) is 2.41. The van der Waals surface area contributed by atoms with Gasteiger partial charge in [0.2, 0.25) is 17.7 Å². The number of unbranched alkanes of at least 4 members (excludes halogenated alkanes) is 2. The highest BCUT2D eigenvalue weighted by Gasteiger charge is 2.45. The first-order valence-corrected chi connectivity index (χ1v) is 20.0. The summed E-state index contributed by atoms with van der Waals surface area (Å²) in [7, 11) is 0. The van der Waals surface area contributed by atoms with Crippen molar-refractivity contribution >= 4 is 64.4 Å². The summed E-state index contributed by atoms with van der Waals surface area (Å²) in [6.07, 6.45) is 4.17. The van der Waals surface area contributed by atoms with Gasteiger partial charge in [0.25, 0.3) is 23.6 Å². The highest BCUT2D eigenvalue weighted by atomic mass is 19.1. The molecule has 16 nitrogen and oxygen atoms in total. The summed E-state index contributed by atoms with van der Waals surface area (Å²) in [6.45, 7) is 9.08. The number of benzene rings is 2. The molecule has 0 radical (unpaired) electrons. The van der Waals surface area contributed by atoms with Gasteiger partial charge in [-0.15, -0.1) is 0 Å². The molecule has 1 atom stereocenters. The van der Waals surface area contributed by atoms with Crippen molar-refractivity contribution in [2.24, 2.45) is 0 Å². The number of H-pyrrole nitrogens is 1. The van der Waals surface area contributed by atoms with Crippen molar-refractivity contribution in [2.45, 2.75) is 52.0 Å². The Labute approximate surface area is 340 Å². The first kappa shape index (κ1) is 41.0. The summed E-state index contributed by atoms with van der Waals surface area (Å²) in [5, 5.41) is 14.2. The van der Waals surface area contributed by atoms with Crippen LogP contribution in [0.1, 0.15) is 85.7 Å². The van der Waals surface area contributed by atoms with Crippen molar-refractivity contribution in [1.29, 1.82) is 0 Å². The molecule has 0 saturated carbocycles. The first-order valence-electron chi connectivity index (χ1n) is 20.0. The normalized spacial score (nSPS) is 18.8. The molecular formula is C42H48FN9O7. The maximum atomic E-state index is 13.9. The summed E-state index contributed by atoms with van der Waals surface area (Å²) in [6, 6.07) is 8.09. The quantitative estimate of drug-likeness (QED) is 0.0752. The van der Waals surface area contributed by atoms with E-state index >= 15 is 0 Å². The minimum atomic E-state index is -1.02. The lowest BCUT2D eigenvalue weighted by Crippen LogP contribution is -2.54. The average Bonchev–Trinajstić information content (AvgIpc) is 3.77. The number of piperazine rings is 1. The second-order valence-corrected chi connectivity index (χ2v) is 15.3. The fourth-order valence-electron chi connectivity index (χ4n) is 8.09. The molecule has 59 heavy (non-hydrogen) atoms. The van der Waals surface area contributed by atoms with Crippen LogP contribution in [0.2, 0.25) is 0 Å². The van der Waals surface area contributed by atoms with Crippen LogP contribution in [-0.4, -0.2) is 126 Å². The van der Waals surface area contributed by atoms with Crippen molar-refractivity contribution in [3.8, 4) is 0 Å². The Hall–Kier alpha value is -6.20. The van der Waals surface area contributed by atoms with Crippen molar-refractivity contribution in [3.05, 3.63) is 81.4 Å². The van der Waals surface area contributed by atoms with Gasteiger partial charge < -0.3 is 26.3 Å². The van der Waals surface area contributed by atoms with Gasteiger partial charge >= 0.3 is 0 Å². The highest BCUT2D eigenvalue weighted by molar-refractivity contribution is 6.35. The lowest BCUT2D eigenvalue weighted by molar-refractivity contribution is -0.136. The minimum Gasteiger partial charge on any atom is -0.384 e. The number of hydrogen-bond acceptors (Lipinski definition) is 10. The lowest BCUT2D eigenvalue weighted by atomic mass is 10.0. The second-order valence-electron chi connectivity index (χ2n) is 15.3. The van der Waals surface area contributed by atoms with Crippen LogP contribution in [0.3, 0.4) is 0 Å². The monoisotopic (exact) mass is 809 g/mol. The smallest absolute Gasteiger partial charge is 0.264 e. The van der Waals surface area contributed by atoms with Gasteiger partial charge in [-0.05, 0) is 81.5 Å². The summed E-state index contributed by atoms with van der Waals surface area (Å²) < 4.78 is 13.9. The van der Waals surface area contributed by atoms with Crippen molar-refractivity contribution in [2.75, 3.05) is 69.5 Å². The molecule has 0 aliphatic carbocycles. The molecule has 7 rings (SSSR count). The number of halogens is 1. The zero-order valence-electron chi connectivity index (χ0n) is 33.1. The van der Waals surface area contributed by atoms with Crippen molar-refractivity contribution in [1.82, 2.24) is 35.6 Å². The van der Waals surface area contributed by atoms with E-state index < -0.39 is 35.5 Å². The lowest BCUT2D eigenvalue weighted by Gasteiger charge is -2.34. The SMILES string of the molecule is Cc1[nH]c(/C=C2\C(=O)Nc3ccc(F)cc32)c(C)c1C(=O)NCCN1CCN(CC(=O)NCCCCCNc2cccc3c2C(=O)N(C2CCC(=O)NC2=O)C3=O)CC1. The van der Waals surface area contributed by atoms with E-state index in [1.54, 1.807) is 31.2 Å². The molecule has 0 bridgehead atoms. The molecule has 2 aromatic carbocycles. The third kappa shape index (κ3) is 8.95. The summed E-state index contributed by atoms with van der Waals surface area (Å²) in [4.78, 5) is 97.3. The van der Waals surface area contributed by atoms with E-state index in [9.17, 15) is 38.0 Å². The number of fused-ring (bicyclic) bond motifs is 2. The van der Waals surface area contributed by atoms with Crippen LogP contribution in [0.5, 0.6) is 0 Å². The number of aryl methyl sites for hydroxylation is 1. The van der Waals surface area contributed by atoms with Gasteiger partial charge in [-0.3, -0.25) is 53.6 Å². The number of rotatable bonds is 15. The van der Waals surface area contributed by atoms with Crippen LogP contribution in [0.4, 0.5) is 15.8 Å². The number of imide groups is 2. The number of piperidine rings is 1. The molecule has 7 amide bonds.